The summed E-state index contributed by atoms with van der Waals surface area (Å²) in [5.41, 5.74) is 2.19. The number of hydrogen-bond acceptors (Lipinski definition) is 4. The second kappa shape index (κ2) is 6.71. The zero-order valence-electron chi connectivity index (χ0n) is 12.7. The smallest absolute Gasteiger partial charge is 0.360 e. The van der Waals surface area contributed by atoms with Crippen molar-refractivity contribution in [2.45, 2.75) is 13.5 Å². The van der Waals surface area contributed by atoms with Crippen molar-refractivity contribution in [3.05, 3.63) is 70.4 Å². The molecule has 0 aliphatic rings. The Morgan fingerprint density at radius 1 is 1.13 bits per heavy atom. The van der Waals surface area contributed by atoms with Gasteiger partial charge in [-0.3, -0.25) is 4.68 Å². The van der Waals surface area contributed by atoms with Gasteiger partial charge in [0.2, 0.25) is 0 Å². The fourth-order valence-corrected chi connectivity index (χ4v) is 2.74. The van der Waals surface area contributed by atoms with Gasteiger partial charge in [0.1, 0.15) is 0 Å². The molecular weight excluding hydrogens is 308 g/mol. The van der Waals surface area contributed by atoms with Gasteiger partial charge in [0, 0.05) is 5.39 Å². The van der Waals surface area contributed by atoms with Crippen LogP contribution in [0, 0.1) is 4.51 Å². The lowest BCUT2D eigenvalue weighted by Gasteiger charge is -2.12. The van der Waals surface area contributed by atoms with Crippen molar-refractivity contribution >= 4 is 29.1 Å². The molecule has 0 spiro atoms. The predicted molar refractivity (Wildman–Crippen MR) is 92.1 cm³/mol. The van der Waals surface area contributed by atoms with Gasteiger partial charge in [-0.1, -0.05) is 60.7 Å². The summed E-state index contributed by atoms with van der Waals surface area (Å²) in [6, 6.07) is 17.7. The van der Waals surface area contributed by atoms with Crippen molar-refractivity contribution in [3.63, 3.8) is 0 Å². The molecule has 0 saturated heterocycles. The molecule has 0 fully saturated rings. The van der Waals surface area contributed by atoms with E-state index in [9.17, 15) is 4.79 Å². The predicted octanol–water partition coefficient (Wildman–Crippen LogP) is 3.99. The monoisotopic (exact) mass is 324 g/mol. The molecule has 4 nitrogen and oxygen atoms in total. The molecule has 5 heteroatoms. The molecule has 116 valence electrons. The average Bonchev–Trinajstić information content (AvgIpc) is 2.58. The number of para-hydroxylation sites is 1. The van der Waals surface area contributed by atoms with Gasteiger partial charge in [-0.15, -0.1) is 0 Å². The molecule has 23 heavy (non-hydrogen) atoms. The summed E-state index contributed by atoms with van der Waals surface area (Å²) in [5.74, 6) is -0.481. The van der Waals surface area contributed by atoms with Crippen LogP contribution in [-0.2, 0) is 11.3 Å². The van der Waals surface area contributed by atoms with Gasteiger partial charge < -0.3 is 4.74 Å². The van der Waals surface area contributed by atoms with Crippen LogP contribution < -0.4 is 0 Å². The molecule has 0 N–H and O–H groups in total. The second-order valence-electron chi connectivity index (χ2n) is 5.06. The number of aromatic nitrogens is 2. The van der Waals surface area contributed by atoms with Crippen molar-refractivity contribution in [2.75, 3.05) is 6.61 Å². The number of benzene rings is 2. The molecule has 0 aliphatic heterocycles. The SMILES string of the molecule is CCOC(=O)c1nn(Cc2ccccc2)c2ccccc2c1=S. The maximum absolute atomic E-state index is 12.1. The Balaban J connectivity index is 2.17. The molecule has 0 atom stereocenters. The second-order valence-corrected chi connectivity index (χ2v) is 5.47. The van der Waals surface area contributed by atoms with Crippen LogP contribution in [0.5, 0.6) is 0 Å². The standard InChI is InChI=1S/C18H16N2O2S/c1-2-22-18(21)16-17(23)14-10-6-7-11-15(14)20(19-16)12-13-8-4-3-5-9-13/h3-11H,2,12H2,1H3. The molecule has 1 aromatic heterocycles. The van der Waals surface area contributed by atoms with E-state index in [1.807, 2.05) is 54.6 Å². The number of nitrogens with zero attached hydrogens (tertiary/aromatic N) is 2. The lowest BCUT2D eigenvalue weighted by molar-refractivity contribution is 0.0516. The minimum Gasteiger partial charge on any atom is -0.461 e. The van der Waals surface area contributed by atoms with Gasteiger partial charge in [-0.2, -0.15) is 5.10 Å². The van der Waals surface area contributed by atoms with Crippen LogP contribution in [0.25, 0.3) is 10.9 Å². The number of ether oxygens (including phenoxy) is 1. The Hall–Kier alpha value is -2.53. The average molecular weight is 324 g/mol. The Labute approximate surface area is 139 Å². The highest BCUT2D eigenvalue weighted by atomic mass is 32.1. The van der Waals surface area contributed by atoms with E-state index in [0.717, 1.165) is 16.5 Å². The molecule has 0 aliphatic carbocycles. The van der Waals surface area contributed by atoms with E-state index in [1.54, 1.807) is 11.6 Å². The fourth-order valence-electron chi connectivity index (χ4n) is 2.45. The zero-order valence-corrected chi connectivity index (χ0v) is 13.5. The largest absolute Gasteiger partial charge is 0.461 e. The van der Waals surface area contributed by atoms with E-state index < -0.39 is 5.97 Å². The van der Waals surface area contributed by atoms with Crippen molar-refractivity contribution in [1.82, 2.24) is 9.78 Å². The van der Waals surface area contributed by atoms with Crippen LogP contribution >= 0.6 is 12.2 Å². The fraction of sp³-hybridized carbons (Fsp3) is 0.167. The number of rotatable bonds is 4. The third-order valence-corrected chi connectivity index (χ3v) is 3.92. The maximum atomic E-state index is 12.1. The van der Waals surface area contributed by atoms with E-state index in [-0.39, 0.29) is 5.69 Å². The third-order valence-electron chi connectivity index (χ3n) is 3.51. The number of carbonyl (C=O) groups excluding carboxylic acids is 1. The van der Waals surface area contributed by atoms with Crippen molar-refractivity contribution < 1.29 is 9.53 Å². The summed E-state index contributed by atoms with van der Waals surface area (Å²) < 4.78 is 7.31. The number of carbonyl (C=O) groups is 1. The van der Waals surface area contributed by atoms with E-state index in [1.165, 1.54) is 0 Å². The van der Waals surface area contributed by atoms with Crippen LogP contribution in [0.15, 0.2) is 54.6 Å². The van der Waals surface area contributed by atoms with Crippen LogP contribution in [-0.4, -0.2) is 22.4 Å². The summed E-state index contributed by atoms with van der Waals surface area (Å²) in [5, 5.41) is 5.28. The summed E-state index contributed by atoms with van der Waals surface area (Å²) in [6.45, 7) is 2.62. The van der Waals surface area contributed by atoms with Gasteiger partial charge in [-0.05, 0) is 18.6 Å². The first kappa shape index (κ1) is 15.4. The van der Waals surface area contributed by atoms with Gasteiger partial charge in [0.05, 0.1) is 23.2 Å². The molecule has 0 radical (unpaired) electrons. The summed E-state index contributed by atoms with van der Waals surface area (Å²) in [7, 11) is 0. The molecule has 0 saturated carbocycles. The lowest BCUT2D eigenvalue weighted by Crippen LogP contribution is -2.15. The molecule has 2 aromatic carbocycles. The zero-order chi connectivity index (χ0) is 16.2. The van der Waals surface area contributed by atoms with Crippen molar-refractivity contribution in [2.24, 2.45) is 0 Å². The molecule has 0 amide bonds. The molecule has 0 unspecified atom stereocenters. The number of esters is 1. The Morgan fingerprint density at radius 2 is 1.83 bits per heavy atom. The topological polar surface area (TPSA) is 44.1 Å². The highest BCUT2D eigenvalue weighted by molar-refractivity contribution is 7.71. The first-order chi connectivity index (χ1) is 11.2. The number of fused-ring (bicyclic) bond motifs is 1. The van der Waals surface area contributed by atoms with Crippen LogP contribution in [0.2, 0.25) is 0 Å². The lowest BCUT2D eigenvalue weighted by atomic mass is 10.2. The van der Waals surface area contributed by atoms with Crippen LogP contribution in [0.4, 0.5) is 0 Å². The normalized spacial score (nSPS) is 10.7. The van der Waals surface area contributed by atoms with Gasteiger partial charge in [-0.25, -0.2) is 4.79 Å². The van der Waals surface area contributed by atoms with Gasteiger partial charge >= 0.3 is 5.97 Å². The summed E-state index contributed by atoms with van der Waals surface area (Å²) >= 11 is 5.43. The van der Waals surface area contributed by atoms with Gasteiger partial charge in [0.25, 0.3) is 0 Å². The molecule has 1 heterocycles. The minimum atomic E-state index is -0.481. The summed E-state index contributed by atoms with van der Waals surface area (Å²) in [4.78, 5) is 12.1. The number of hydrogen-bond donors (Lipinski definition) is 0. The molecule has 0 bridgehead atoms. The molecular formula is C18H16N2O2S. The van der Waals surface area contributed by atoms with Crippen molar-refractivity contribution in [3.8, 4) is 0 Å². The quantitative estimate of drug-likeness (QED) is 0.538. The first-order valence-electron chi connectivity index (χ1n) is 7.41. The molecule has 3 aromatic rings. The Bertz CT molecular complexity index is 904. The third kappa shape index (κ3) is 3.14. The van der Waals surface area contributed by atoms with Crippen LogP contribution in [0.1, 0.15) is 23.0 Å². The first-order valence-corrected chi connectivity index (χ1v) is 7.82. The highest BCUT2D eigenvalue weighted by Crippen LogP contribution is 2.19. The van der Waals surface area contributed by atoms with Crippen LogP contribution in [0.3, 0.4) is 0 Å². The van der Waals surface area contributed by atoms with E-state index in [2.05, 4.69) is 5.10 Å². The molecule has 3 rings (SSSR count). The Kier molecular flexibility index (Phi) is 4.48. The van der Waals surface area contributed by atoms with Gasteiger partial charge in [0.15, 0.2) is 5.69 Å². The van der Waals surface area contributed by atoms with E-state index in [4.69, 9.17) is 17.0 Å². The van der Waals surface area contributed by atoms with Crippen molar-refractivity contribution in [1.29, 1.82) is 0 Å². The highest BCUT2D eigenvalue weighted by Gasteiger charge is 2.15. The van der Waals surface area contributed by atoms with E-state index in [0.29, 0.717) is 17.7 Å². The maximum Gasteiger partial charge on any atom is 0.360 e. The Morgan fingerprint density at radius 3 is 2.57 bits per heavy atom. The van der Waals surface area contributed by atoms with E-state index >= 15 is 0 Å². The minimum absolute atomic E-state index is 0.191. The summed E-state index contributed by atoms with van der Waals surface area (Å²) in [6.07, 6.45) is 0.